The topological polar surface area (TPSA) is 34.0 Å². The Morgan fingerprint density at radius 3 is 3.00 bits per heavy atom. The highest BCUT2D eigenvalue weighted by Gasteiger charge is 2.25. The van der Waals surface area contributed by atoms with E-state index in [-0.39, 0.29) is 11.8 Å². The Morgan fingerprint density at radius 1 is 1.41 bits per heavy atom. The summed E-state index contributed by atoms with van der Waals surface area (Å²) >= 11 is 0. The number of carbonyl (C=O) groups is 1. The van der Waals surface area contributed by atoms with Crippen LogP contribution in [0.1, 0.15) is 23.2 Å². The first kappa shape index (κ1) is 10.5. The highest BCUT2D eigenvalue weighted by Crippen LogP contribution is 2.23. The smallest absolute Gasteiger partial charge is 0.181 e. The first-order chi connectivity index (χ1) is 8.27. The van der Waals surface area contributed by atoms with Crippen molar-refractivity contribution >= 4 is 16.7 Å². The van der Waals surface area contributed by atoms with E-state index in [2.05, 4.69) is 5.32 Å². The molecule has 3 heteroatoms. The Bertz CT molecular complexity index is 565. The molecule has 1 aromatic carbocycles. The number of hydrogen-bond donors (Lipinski definition) is 1. The minimum atomic E-state index is 0.0146. The van der Waals surface area contributed by atoms with Crippen LogP contribution in [0.5, 0.6) is 0 Å². The van der Waals surface area contributed by atoms with Crippen molar-refractivity contribution in [2.75, 3.05) is 6.54 Å². The van der Waals surface area contributed by atoms with Crippen LogP contribution in [0.2, 0.25) is 0 Å². The third-order valence-corrected chi connectivity index (χ3v) is 3.54. The lowest BCUT2D eigenvalue weighted by molar-refractivity contribution is 0.0954. The summed E-state index contributed by atoms with van der Waals surface area (Å²) in [5, 5.41) is 4.33. The number of fused-ring (bicyclic) bond motifs is 1. The minimum Gasteiger partial charge on any atom is -0.350 e. The lowest BCUT2D eigenvalue weighted by Crippen LogP contribution is -2.30. The number of nitrogens with one attached hydrogen (secondary N) is 1. The Labute approximate surface area is 100 Å². The van der Waals surface area contributed by atoms with Gasteiger partial charge in [0.05, 0.1) is 6.04 Å². The number of benzene rings is 1. The van der Waals surface area contributed by atoms with E-state index in [4.69, 9.17) is 0 Å². The molecule has 2 heterocycles. The molecule has 2 aromatic rings. The number of hydrogen-bond acceptors (Lipinski definition) is 2. The molecule has 0 bridgehead atoms. The number of para-hydroxylation sites is 1. The first-order valence-corrected chi connectivity index (χ1v) is 6.09. The molecule has 0 saturated carbocycles. The highest BCUT2D eigenvalue weighted by atomic mass is 16.1. The molecule has 1 atom stereocenters. The molecule has 0 amide bonds. The van der Waals surface area contributed by atoms with E-state index < -0.39 is 0 Å². The van der Waals surface area contributed by atoms with Crippen molar-refractivity contribution in [3.63, 3.8) is 0 Å². The third-order valence-electron chi connectivity index (χ3n) is 3.54. The maximum Gasteiger partial charge on any atom is 0.181 e. The maximum atomic E-state index is 12.4. The molecule has 1 aliphatic heterocycles. The van der Waals surface area contributed by atoms with Crippen LogP contribution in [0.15, 0.2) is 30.5 Å². The Kier molecular flexibility index (Phi) is 2.48. The molecule has 1 aromatic heterocycles. The lowest BCUT2D eigenvalue weighted by atomic mass is 10.0. The van der Waals surface area contributed by atoms with Crippen molar-refractivity contribution in [2.24, 2.45) is 7.05 Å². The van der Waals surface area contributed by atoms with Crippen LogP contribution in [0.25, 0.3) is 10.9 Å². The average molecular weight is 228 g/mol. The van der Waals surface area contributed by atoms with Crippen molar-refractivity contribution < 1.29 is 4.79 Å². The second kappa shape index (κ2) is 4.00. The molecule has 0 aliphatic carbocycles. The Morgan fingerprint density at radius 2 is 2.24 bits per heavy atom. The van der Waals surface area contributed by atoms with Crippen molar-refractivity contribution in [1.29, 1.82) is 0 Å². The predicted octanol–water partition coefficient (Wildman–Crippen LogP) is 2.11. The second-order valence-electron chi connectivity index (χ2n) is 4.68. The van der Waals surface area contributed by atoms with E-state index in [1.54, 1.807) is 0 Å². The average Bonchev–Trinajstić information content (AvgIpc) is 2.97. The van der Waals surface area contributed by atoms with Gasteiger partial charge in [-0.05, 0) is 25.5 Å². The molecule has 1 aliphatic rings. The fourth-order valence-corrected chi connectivity index (χ4v) is 2.63. The van der Waals surface area contributed by atoms with Gasteiger partial charge >= 0.3 is 0 Å². The molecule has 3 nitrogen and oxygen atoms in total. The molecular weight excluding hydrogens is 212 g/mol. The van der Waals surface area contributed by atoms with Crippen LogP contribution < -0.4 is 5.32 Å². The summed E-state index contributed by atoms with van der Waals surface area (Å²) in [7, 11) is 1.99. The van der Waals surface area contributed by atoms with Crippen LogP contribution in [0.3, 0.4) is 0 Å². The SMILES string of the molecule is Cn1cc(C(=O)C2CCCN2)c2ccccc21. The first-order valence-electron chi connectivity index (χ1n) is 6.09. The molecule has 17 heavy (non-hydrogen) atoms. The fraction of sp³-hybridized carbons (Fsp3) is 0.357. The summed E-state index contributed by atoms with van der Waals surface area (Å²) in [5.74, 6) is 0.235. The minimum absolute atomic E-state index is 0.0146. The van der Waals surface area contributed by atoms with Gasteiger partial charge in [0.25, 0.3) is 0 Å². The van der Waals surface area contributed by atoms with Gasteiger partial charge in [0.15, 0.2) is 5.78 Å². The Hall–Kier alpha value is -1.61. The third kappa shape index (κ3) is 1.67. The van der Waals surface area contributed by atoms with Crippen LogP contribution in [-0.2, 0) is 7.05 Å². The molecule has 1 N–H and O–H groups in total. The number of rotatable bonds is 2. The fourth-order valence-electron chi connectivity index (χ4n) is 2.63. The van der Waals surface area contributed by atoms with Gasteiger partial charge in [-0.25, -0.2) is 0 Å². The van der Waals surface area contributed by atoms with Crippen LogP contribution in [0.4, 0.5) is 0 Å². The highest BCUT2D eigenvalue weighted by molar-refractivity contribution is 6.10. The summed E-state index contributed by atoms with van der Waals surface area (Å²) < 4.78 is 2.03. The van der Waals surface area contributed by atoms with E-state index in [9.17, 15) is 4.79 Å². The van der Waals surface area contributed by atoms with Gasteiger partial charge in [0.2, 0.25) is 0 Å². The molecular formula is C14H16N2O. The summed E-state index contributed by atoms with van der Waals surface area (Å²) in [4.78, 5) is 12.4. The van der Waals surface area contributed by atoms with Crippen LogP contribution >= 0.6 is 0 Å². The van der Waals surface area contributed by atoms with Gasteiger partial charge in [-0.1, -0.05) is 18.2 Å². The molecule has 1 fully saturated rings. The zero-order valence-electron chi connectivity index (χ0n) is 9.94. The van der Waals surface area contributed by atoms with Gasteiger partial charge in [-0.2, -0.15) is 0 Å². The Balaban J connectivity index is 2.08. The number of Topliss-reactive ketones (excluding diaryl/α,β-unsaturated/α-hetero) is 1. The largest absolute Gasteiger partial charge is 0.350 e. The van der Waals surface area contributed by atoms with E-state index in [1.165, 1.54) is 0 Å². The number of aryl methyl sites for hydroxylation is 1. The maximum absolute atomic E-state index is 12.4. The normalized spacial score (nSPS) is 19.9. The summed E-state index contributed by atoms with van der Waals surface area (Å²) in [6.45, 7) is 0.959. The monoisotopic (exact) mass is 228 g/mol. The van der Waals surface area contributed by atoms with Gasteiger partial charge in [0.1, 0.15) is 0 Å². The molecule has 1 saturated heterocycles. The van der Waals surface area contributed by atoms with Crippen molar-refractivity contribution in [1.82, 2.24) is 9.88 Å². The molecule has 88 valence electrons. The van der Waals surface area contributed by atoms with Crippen molar-refractivity contribution in [3.05, 3.63) is 36.0 Å². The van der Waals surface area contributed by atoms with Gasteiger partial charge in [-0.3, -0.25) is 4.79 Å². The van der Waals surface area contributed by atoms with E-state index in [0.29, 0.717) is 0 Å². The van der Waals surface area contributed by atoms with Gasteiger partial charge in [0, 0.05) is 29.7 Å². The van der Waals surface area contributed by atoms with Crippen LogP contribution in [0, 0.1) is 0 Å². The van der Waals surface area contributed by atoms with Gasteiger partial charge in [-0.15, -0.1) is 0 Å². The van der Waals surface area contributed by atoms with Gasteiger partial charge < -0.3 is 9.88 Å². The predicted molar refractivity (Wildman–Crippen MR) is 68.3 cm³/mol. The van der Waals surface area contributed by atoms with Crippen molar-refractivity contribution in [3.8, 4) is 0 Å². The van der Waals surface area contributed by atoms with Crippen LogP contribution in [-0.4, -0.2) is 22.9 Å². The number of carbonyl (C=O) groups excluding carboxylic acids is 1. The van der Waals surface area contributed by atoms with E-state index in [1.807, 2.05) is 42.1 Å². The number of aromatic nitrogens is 1. The van der Waals surface area contributed by atoms with E-state index in [0.717, 1.165) is 35.9 Å². The summed E-state index contributed by atoms with van der Waals surface area (Å²) in [5.41, 5.74) is 1.97. The van der Waals surface area contributed by atoms with E-state index >= 15 is 0 Å². The number of nitrogens with zero attached hydrogens (tertiary/aromatic N) is 1. The zero-order chi connectivity index (χ0) is 11.8. The summed E-state index contributed by atoms with van der Waals surface area (Å²) in [6.07, 6.45) is 4.01. The summed E-state index contributed by atoms with van der Waals surface area (Å²) in [6, 6.07) is 8.08. The molecule has 1 unspecified atom stereocenters. The molecule has 3 rings (SSSR count). The standard InChI is InChI=1S/C14H16N2O/c1-16-9-11(10-5-2-3-7-13(10)16)14(17)12-6-4-8-15-12/h2-3,5,7,9,12,15H,4,6,8H2,1H3. The quantitative estimate of drug-likeness (QED) is 0.799. The second-order valence-corrected chi connectivity index (χ2v) is 4.68. The zero-order valence-corrected chi connectivity index (χ0v) is 9.94. The molecule has 0 radical (unpaired) electrons. The molecule has 0 spiro atoms. The number of ketones is 1. The lowest BCUT2D eigenvalue weighted by Gasteiger charge is -2.07. The van der Waals surface area contributed by atoms with Crippen molar-refractivity contribution in [2.45, 2.75) is 18.9 Å².